The summed E-state index contributed by atoms with van der Waals surface area (Å²) in [6.07, 6.45) is 13.9. The molecule has 0 aromatic heterocycles. The van der Waals surface area contributed by atoms with Crippen LogP contribution in [0.4, 0.5) is 4.39 Å². The molecule has 0 aliphatic heterocycles. The first-order chi connectivity index (χ1) is 11.2. The van der Waals surface area contributed by atoms with E-state index in [1.54, 1.807) is 0 Å². The van der Waals surface area contributed by atoms with Crippen LogP contribution >= 0.6 is 0 Å². The normalized spacial score (nSPS) is 24.2. The molecule has 23 heavy (non-hydrogen) atoms. The van der Waals surface area contributed by atoms with Crippen LogP contribution in [-0.4, -0.2) is 0 Å². The van der Waals surface area contributed by atoms with Crippen LogP contribution < -0.4 is 0 Å². The predicted molar refractivity (Wildman–Crippen MR) is 96.4 cm³/mol. The zero-order valence-electron chi connectivity index (χ0n) is 14.8. The van der Waals surface area contributed by atoms with Gasteiger partial charge in [-0.25, -0.2) is 4.39 Å². The molecule has 1 fully saturated rings. The number of hydrogen-bond donors (Lipinski definition) is 0. The smallest absolute Gasteiger partial charge is 0.130 e. The Morgan fingerprint density at radius 2 is 1.83 bits per heavy atom. The standard InChI is InChI=1S/C22H31F/c1-3-5-16-7-10-18(11-8-16)20-14-12-19-15-17(6-4-2)9-13-21(19)22(20)23/h9,12,14,16,18H,3-8,10-11,13,15H2,1-2H3. The van der Waals surface area contributed by atoms with Crippen LogP contribution in [-0.2, 0) is 12.8 Å². The number of rotatable bonds is 5. The summed E-state index contributed by atoms with van der Waals surface area (Å²) in [6, 6.07) is 4.32. The molecule has 1 saturated carbocycles. The van der Waals surface area contributed by atoms with E-state index in [4.69, 9.17) is 0 Å². The van der Waals surface area contributed by atoms with Crippen molar-refractivity contribution in [2.75, 3.05) is 0 Å². The molecule has 1 aromatic rings. The molecule has 0 amide bonds. The second-order valence-electron chi connectivity index (χ2n) is 7.61. The van der Waals surface area contributed by atoms with Gasteiger partial charge >= 0.3 is 0 Å². The van der Waals surface area contributed by atoms with E-state index in [-0.39, 0.29) is 5.82 Å². The van der Waals surface area contributed by atoms with E-state index in [9.17, 15) is 0 Å². The van der Waals surface area contributed by atoms with Crippen molar-refractivity contribution in [3.63, 3.8) is 0 Å². The van der Waals surface area contributed by atoms with Gasteiger partial charge in [0.1, 0.15) is 5.82 Å². The molecule has 126 valence electrons. The second-order valence-corrected chi connectivity index (χ2v) is 7.61. The molecule has 2 aliphatic carbocycles. The quantitative estimate of drug-likeness (QED) is 0.529. The summed E-state index contributed by atoms with van der Waals surface area (Å²) in [6.45, 7) is 4.49. The Morgan fingerprint density at radius 1 is 1.04 bits per heavy atom. The first-order valence-electron chi connectivity index (χ1n) is 9.70. The highest BCUT2D eigenvalue weighted by Crippen LogP contribution is 2.40. The molecular formula is C22H31F. The van der Waals surface area contributed by atoms with Crippen LogP contribution in [0.2, 0.25) is 0 Å². The average Bonchev–Trinajstić information content (AvgIpc) is 2.57. The topological polar surface area (TPSA) is 0 Å². The van der Waals surface area contributed by atoms with Crippen molar-refractivity contribution >= 4 is 0 Å². The minimum Gasteiger partial charge on any atom is -0.206 e. The van der Waals surface area contributed by atoms with Gasteiger partial charge in [-0.3, -0.25) is 0 Å². The summed E-state index contributed by atoms with van der Waals surface area (Å²) in [4.78, 5) is 0. The molecule has 0 atom stereocenters. The SMILES string of the molecule is CCCC1=CCc2c(ccc(C3CCC(CCC)CC3)c2F)C1. The van der Waals surface area contributed by atoms with Gasteiger partial charge in [0.15, 0.2) is 0 Å². The van der Waals surface area contributed by atoms with E-state index < -0.39 is 0 Å². The van der Waals surface area contributed by atoms with E-state index in [1.165, 1.54) is 56.1 Å². The van der Waals surface area contributed by atoms with Crippen LogP contribution in [0.5, 0.6) is 0 Å². The summed E-state index contributed by atoms with van der Waals surface area (Å²) < 4.78 is 15.1. The molecule has 0 saturated heterocycles. The van der Waals surface area contributed by atoms with Gasteiger partial charge in [-0.05, 0) is 73.5 Å². The van der Waals surface area contributed by atoms with Crippen LogP contribution in [0.15, 0.2) is 23.8 Å². The minimum absolute atomic E-state index is 0.119. The third-order valence-corrected chi connectivity index (χ3v) is 5.94. The van der Waals surface area contributed by atoms with Crippen molar-refractivity contribution in [3.8, 4) is 0 Å². The largest absolute Gasteiger partial charge is 0.206 e. The second kappa shape index (κ2) is 7.64. The molecule has 0 heterocycles. The van der Waals surface area contributed by atoms with Gasteiger partial charge in [-0.15, -0.1) is 0 Å². The van der Waals surface area contributed by atoms with Gasteiger partial charge in [0.05, 0.1) is 0 Å². The zero-order valence-corrected chi connectivity index (χ0v) is 14.8. The van der Waals surface area contributed by atoms with Crippen LogP contribution in [0.25, 0.3) is 0 Å². The fourth-order valence-electron chi connectivity index (χ4n) is 4.63. The lowest BCUT2D eigenvalue weighted by molar-refractivity contribution is 0.304. The molecule has 1 heteroatoms. The Morgan fingerprint density at radius 3 is 2.52 bits per heavy atom. The first-order valence-corrected chi connectivity index (χ1v) is 9.70. The minimum atomic E-state index is 0.119. The summed E-state index contributed by atoms with van der Waals surface area (Å²) in [5.74, 6) is 1.46. The van der Waals surface area contributed by atoms with E-state index in [2.05, 4.69) is 32.1 Å². The van der Waals surface area contributed by atoms with Crippen molar-refractivity contribution in [1.82, 2.24) is 0 Å². The highest BCUT2D eigenvalue weighted by molar-refractivity contribution is 5.42. The Balaban J connectivity index is 1.73. The van der Waals surface area contributed by atoms with Gasteiger partial charge in [0.25, 0.3) is 0 Å². The molecule has 0 nitrogen and oxygen atoms in total. The highest BCUT2D eigenvalue weighted by Gasteiger charge is 2.26. The molecule has 3 rings (SSSR count). The lowest BCUT2D eigenvalue weighted by Crippen LogP contribution is -2.16. The van der Waals surface area contributed by atoms with E-state index >= 15 is 4.39 Å². The Kier molecular flexibility index (Phi) is 5.56. The lowest BCUT2D eigenvalue weighted by Gasteiger charge is -2.30. The predicted octanol–water partition coefficient (Wildman–Crippen LogP) is 6.72. The molecule has 0 bridgehead atoms. The Hall–Kier alpha value is -1.11. The number of halogens is 1. The molecule has 0 unspecified atom stereocenters. The van der Waals surface area contributed by atoms with Crippen molar-refractivity contribution in [2.45, 2.75) is 84.0 Å². The van der Waals surface area contributed by atoms with Gasteiger partial charge in [0.2, 0.25) is 0 Å². The fourth-order valence-corrected chi connectivity index (χ4v) is 4.63. The first kappa shape index (κ1) is 16.7. The van der Waals surface area contributed by atoms with Crippen molar-refractivity contribution in [2.24, 2.45) is 5.92 Å². The Bertz CT molecular complexity index is 562. The van der Waals surface area contributed by atoms with Crippen LogP contribution in [0.1, 0.15) is 87.8 Å². The average molecular weight is 314 g/mol. The maximum absolute atomic E-state index is 15.1. The summed E-state index contributed by atoms with van der Waals surface area (Å²) in [7, 11) is 0. The lowest BCUT2D eigenvalue weighted by atomic mass is 9.76. The summed E-state index contributed by atoms with van der Waals surface area (Å²) in [5.41, 5.74) is 4.72. The third-order valence-electron chi connectivity index (χ3n) is 5.94. The van der Waals surface area contributed by atoms with Crippen molar-refractivity contribution < 1.29 is 4.39 Å². The fraction of sp³-hybridized carbons (Fsp3) is 0.636. The molecule has 1 aromatic carbocycles. The summed E-state index contributed by atoms with van der Waals surface area (Å²) in [5, 5.41) is 0. The number of allylic oxidation sites excluding steroid dienone is 2. The van der Waals surface area contributed by atoms with Crippen molar-refractivity contribution in [1.29, 1.82) is 0 Å². The Labute approximate surface area is 141 Å². The molecule has 2 aliphatic rings. The van der Waals surface area contributed by atoms with E-state index in [1.807, 2.05) is 0 Å². The highest BCUT2D eigenvalue weighted by atomic mass is 19.1. The van der Waals surface area contributed by atoms with Crippen LogP contribution in [0.3, 0.4) is 0 Å². The van der Waals surface area contributed by atoms with Gasteiger partial charge < -0.3 is 0 Å². The van der Waals surface area contributed by atoms with Gasteiger partial charge in [0, 0.05) is 0 Å². The third kappa shape index (κ3) is 3.70. The summed E-state index contributed by atoms with van der Waals surface area (Å²) >= 11 is 0. The van der Waals surface area contributed by atoms with E-state index in [0.29, 0.717) is 5.92 Å². The number of hydrogen-bond acceptors (Lipinski definition) is 0. The molecular weight excluding hydrogens is 283 g/mol. The maximum Gasteiger partial charge on any atom is 0.130 e. The zero-order chi connectivity index (χ0) is 16.2. The molecule has 0 spiro atoms. The molecule has 0 radical (unpaired) electrons. The van der Waals surface area contributed by atoms with E-state index in [0.717, 1.165) is 36.3 Å². The molecule has 0 N–H and O–H groups in total. The van der Waals surface area contributed by atoms with Gasteiger partial charge in [-0.2, -0.15) is 0 Å². The van der Waals surface area contributed by atoms with Crippen LogP contribution in [0, 0.1) is 11.7 Å². The van der Waals surface area contributed by atoms with Crippen molar-refractivity contribution in [3.05, 3.63) is 46.3 Å². The van der Waals surface area contributed by atoms with Gasteiger partial charge in [-0.1, -0.05) is 56.9 Å². The number of fused-ring (bicyclic) bond motifs is 1. The monoisotopic (exact) mass is 314 g/mol. The number of benzene rings is 1. The maximum atomic E-state index is 15.1.